The number of hydrogen-bond donors (Lipinski definition) is 0. The Labute approximate surface area is 256 Å². The second-order valence-electron chi connectivity index (χ2n) is 10.6. The molecule has 3 aliphatic heterocycles. The van der Waals surface area contributed by atoms with E-state index in [1.807, 2.05) is 18.2 Å². The molecule has 0 atom stereocenters. The molecule has 8 nitrogen and oxygen atoms in total. The third-order valence-corrected chi connectivity index (χ3v) is 8.07. The maximum atomic E-state index is 13.7. The van der Waals surface area contributed by atoms with Crippen molar-refractivity contribution in [2.75, 3.05) is 37.9 Å². The first-order chi connectivity index (χ1) is 20.7. The van der Waals surface area contributed by atoms with Crippen LogP contribution in [0, 0.1) is 0 Å². The summed E-state index contributed by atoms with van der Waals surface area (Å²) in [4.78, 5) is 45.5. The number of hydrogen-bond acceptors (Lipinski definition) is 6. The van der Waals surface area contributed by atoms with Crippen molar-refractivity contribution in [3.8, 4) is 11.5 Å². The number of carbonyl (C=O) groups excluding carboxylic acids is 3. The molecule has 0 aliphatic carbocycles. The number of imide groups is 1. The number of benzene rings is 4. The lowest BCUT2D eigenvalue weighted by molar-refractivity contribution is -0.137. The fraction of sp³-hybridized carbons (Fsp3) is 0.219. The van der Waals surface area contributed by atoms with Gasteiger partial charge >= 0.3 is 6.18 Å². The number of anilines is 1. The zero-order valence-corrected chi connectivity index (χ0v) is 23.9. The van der Waals surface area contributed by atoms with Crippen LogP contribution >= 0.6 is 12.4 Å². The number of alkyl halides is 3. The van der Waals surface area contributed by atoms with E-state index in [0.717, 1.165) is 40.2 Å². The Morgan fingerprint density at radius 3 is 2.25 bits per heavy atom. The van der Waals surface area contributed by atoms with Gasteiger partial charge in [0.15, 0.2) is 11.5 Å². The highest BCUT2D eigenvalue weighted by Crippen LogP contribution is 2.37. The van der Waals surface area contributed by atoms with Crippen molar-refractivity contribution in [2.24, 2.45) is 0 Å². The maximum absolute atomic E-state index is 13.7. The highest BCUT2D eigenvalue weighted by atomic mass is 35.5. The third kappa shape index (κ3) is 5.01. The Hall–Kier alpha value is -4.61. The summed E-state index contributed by atoms with van der Waals surface area (Å²) in [6.45, 7) is 3.22. The number of fused-ring (bicyclic) bond motifs is 1. The first kappa shape index (κ1) is 29.5. The van der Waals surface area contributed by atoms with Crippen LogP contribution in [0.25, 0.3) is 10.8 Å². The van der Waals surface area contributed by atoms with E-state index in [0.29, 0.717) is 49.1 Å². The minimum Gasteiger partial charge on any atom is -0.454 e. The molecular weight excluding hydrogens is 599 g/mol. The van der Waals surface area contributed by atoms with Gasteiger partial charge in [0.1, 0.15) is 0 Å². The fourth-order valence-corrected chi connectivity index (χ4v) is 5.92. The molecule has 0 bridgehead atoms. The van der Waals surface area contributed by atoms with Crippen molar-refractivity contribution in [3.05, 3.63) is 101 Å². The minimum absolute atomic E-state index is 0. The van der Waals surface area contributed by atoms with Gasteiger partial charge in [0.05, 0.1) is 11.3 Å². The fourth-order valence-electron chi connectivity index (χ4n) is 5.92. The summed E-state index contributed by atoms with van der Waals surface area (Å²) in [6.07, 6.45) is -4.64. The molecule has 0 spiro atoms. The van der Waals surface area contributed by atoms with Gasteiger partial charge in [-0.3, -0.25) is 19.3 Å². The van der Waals surface area contributed by atoms with Crippen LogP contribution in [-0.4, -0.2) is 60.5 Å². The molecule has 4 aromatic rings. The summed E-state index contributed by atoms with van der Waals surface area (Å²) in [5.74, 6) is -0.254. The number of nitrogens with zero attached hydrogens (tertiary/aromatic N) is 3. The molecule has 44 heavy (non-hydrogen) atoms. The summed E-state index contributed by atoms with van der Waals surface area (Å²) < 4.78 is 50.9. The quantitative estimate of drug-likeness (QED) is 0.269. The highest BCUT2D eigenvalue weighted by Gasteiger charge is 2.37. The number of rotatable bonds is 4. The molecule has 12 heteroatoms. The molecule has 226 valence electrons. The average Bonchev–Trinajstić information content (AvgIpc) is 3.47. The lowest BCUT2D eigenvalue weighted by atomic mass is 9.90. The first-order valence-corrected chi connectivity index (χ1v) is 13.7. The number of amides is 3. The zero-order valence-electron chi connectivity index (χ0n) is 23.1. The molecule has 4 aromatic carbocycles. The second kappa shape index (κ2) is 11.1. The summed E-state index contributed by atoms with van der Waals surface area (Å²) in [5.41, 5.74) is 0.595. The molecule has 0 saturated carbocycles. The Morgan fingerprint density at radius 1 is 0.795 bits per heavy atom. The molecule has 7 rings (SSSR count). The molecule has 3 aliphatic rings. The monoisotopic (exact) mass is 623 g/mol. The number of halogens is 4. The van der Waals surface area contributed by atoms with Crippen LogP contribution in [0.15, 0.2) is 72.8 Å². The van der Waals surface area contributed by atoms with E-state index in [4.69, 9.17) is 9.47 Å². The molecule has 0 radical (unpaired) electrons. The van der Waals surface area contributed by atoms with Gasteiger partial charge in [0, 0.05) is 54.8 Å². The standard InChI is InChI=1S/C32H24F3N3O5.ClH/c33-32(34,35)20-3-1-4-21(16-20)38-30(40)24-6-2-5-22-23(8-9-25(28(22)24)31(38)41)29(39)37-13-11-36(12-14-37)17-19-7-10-26-27(15-19)43-18-42-26;/h1-10,15-16H,11-14,17-18H2;1H. The summed E-state index contributed by atoms with van der Waals surface area (Å²) in [6, 6.07) is 17.8. The minimum atomic E-state index is -4.64. The molecule has 0 N–H and O–H groups in total. The zero-order chi connectivity index (χ0) is 29.9. The molecule has 0 aromatic heterocycles. The van der Waals surface area contributed by atoms with Gasteiger partial charge in [-0.05, 0) is 59.5 Å². The van der Waals surface area contributed by atoms with Crippen LogP contribution in [0.5, 0.6) is 11.5 Å². The van der Waals surface area contributed by atoms with Crippen LogP contribution in [0.2, 0.25) is 0 Å². The average molecular weight is 624 g/mol. The van der Waals surface area contributed by atoms with Gasteiger partial charge in [0.25, 0.3) is 17.7 Å². The molecular formula is C32H25ClF3N3O5. The van der Waals surface area contributed by atoms with Crippen molar-refractivity contribution < 1.29 is 37.0 Å². The lowest BCUT2D eigenvalue weighted by Crippen LogP contribution is -2.48. The predicted molar refractivity (Wildman–Crippen MR) is 158 cm³/mol. The largest absolute Gasteiger partial charge is 0.454 e. The van der Waals surface area contributed by atoms with Crippen molar-refractivity contribution in [2.45, 2.75) is 12.7 Å². The number of carbonyl (C=O) groups is 3. The maximum Gasteiger partial charge on any atom is 0.416 e. The summed E-state index contributed by atoms with van der Waals surface area (Å²) >= 11 is 0. The van der Waals surface area contributed by atoms with Gasteiger partial charge in [-0.15, -0.1) is 12.4 Å². The number of piperazine rings is 1. The smallest absolute Gasteiger partial charge is 0.416 e. The van der Waals surface area contributed by atoms with Crippen LogP contribution in [0.1, 0.15) is 42.2 Å². The normalized spacial score (nSPS) is 16.3. The molecule has 1 fully saturated rings. The Balaban J connectivity index is 0.00000343. The molecule has 3 amide bonds. The van der Waals surface area contributed by atoms with Crippen molar-refractivity contribution in [1.82, 2.24) is 9.80 Å². The van der Waals surface area contributed by atoms with E-state index >= 15 is 0 Å². The van der Waals surface area contributed by atoms with Gasteiger partial charge in [-0.25, -0.2) is 4.90 Å². The van der Waals surface area contributed by atoms with Crippen LogP contribution in [0.3, 0.4) is 0 Å². The van der Waals surface area contributed by atoms with Crippen LogP contribution < -0.4 is 14.4 Å². The first-order valence-electron chi connectivity index (χ1n) is 13.7. The van der Waals surface area contributed by atoms with E-state index in [2.05, 4.69) is 4.90 Å². The highest BCUT2D eigenvalue weighted by molar-refractivity contribution is 6.36. The number of ether oxygens (including phenoxy) is 2. The predicted octanol–water partition coefficient (Wildman–Crippen LogP) is 5.77. The summed E-state index contributed by atoms with van der Waals surface area (Å²) in [7, 11) is 0. The van der Waals surface area contributed by atoms with Gasteiger partial charge in [-0.2, -0.15) is 13.2 Å². The van der Waals surface area contributed by atoms with Gasteiger partial charge in [-0.1, -0.05) is 24.3 Å². The lowest BCUT2D eigenvalue weighted by Gasteiger charge is -2.35. The Morgan fingerprint density at radius 2 is 1.50 bits per heavy atom. The van der Waals surface area contributed by atoms with E-state index in [1.54, 1.807) is 23.1 Å². The molecule has 1 saturated heterocycles. The molecule has 0 unspecified atom stereocenters. The van der Waals surface area contributed by atoms with E-state index < -0.39 is 23.6 Å². The van der Waals surface area contributed by atoms with E-state index in [9.17, 15) is 27.6 Å². The van der Waals surface area contributed by atoms with E-state index in [1.165, 1.54) is 18.2 Å². The Bertz CT molecular complexity index is 1800. The van der Waals surface area contributed by atoms with Crippen molar-refractivity contribution >= 4 is 46.6 Å². The van der Waals surface area contributed by atoms with Gasteiger partial charge in [0.2, 0.25) is 6.79 Å². The van der Waals surface area contributed by atoms with Crippen LogP contribution in [0.4, 0.5) is 18.9 Å². The SMILES string of the molecule is Cl.O=C(c1ccc2c3c(cccc13)C(=O)N(c1cccc(C(F)(F)F)c1)C2=O)N1CCN(Cc2ccc3c(c2)OCO3)CC1. The Kier molecular flexibility index (Phi) is 7.46. The molecule has 3 heterocycles. The van der Waals surface area contributed by atoms with Crippen molar-refractivity contribution in [1.29, 1.82) is 0 Å². The summed E-state index contributed by atoms with van der Waals surface area (Å²) in [5, 5.41) is 0.779. The topological polar surface area (TPSA) is 79.4 Å². The van der Waals surface area contributed by atoms with Gasteiger partial charge < -0.3 is 14.4 Å². The third-order valence-electron chi connectivity index (χ3n) is 8.07. The van der Waals surface area contributed by atoms with Crippen molar-refractivity contribution in [3.63, 3.8) is 0 Å². The van der Waals surface area contributed by atoms with Crippen LogP contribution in [-0.2, 0) is 12.7 Å². The second-order valence-corrected chi connectivity index (χ2v) is 10.6. The van der Waals surface area contributed by atoms with E-state index in [-0.39, 0.29) is 41.9 Å².